The predicted molar refractivity (Wildman–Crippen MR) is 90.9 cm³/mol. The van der Waals surface area contributed by atoms with Crippen LogP contribution in [0.1, 0.15) is 48.4 Å². The topological polar surface area (TPSA) is 26.0 Å². The van der Waals surface area contributed by atoms with Crippen LogP contribution in [-0.4, -0.2) is 6.54 Å². The lowest BCUT2D eigenvalue weighted by molar-refractivity contribution is 0.832. The van der Waals surface area contributed by atoms with Crippen LogP contribution in [0.2, 0.25) is 0 Å². The van der Waals surface area contributed by atoms with E-state index in [9.17, 15) is 0 Å². The first kappa shape index (κ1) is 15.4. The summed E-state index contributed by atoms with van der Waals surface area (Å²) in [5.74, 6) is 0.492. The van der Waals surface area contributed by atoms with Gasteiger partial charge in [0.05, 0.1) is 0 Å². The van der Waals surface area contributed by atoms with E-state index < -0.39 is 0 Å². The largest absolute Gasteiger partial charge is 0.330 e. The van der Waals surface area contributed by atoms with Crippen molar-refractivity contribution < 1.29 is 0 Å². The molecule has 0 fully saturated rings. The van der Waals surface area contributed by atoms with E-state index in [4.69, 9.17) is 5.73 Å². The summed E-state index contributed by atoms with van der Waals surface area (Å²) >= 11 is 0. The second-order valence-corrected chi connectivity index (χ2v) is 5.60. The van der Waals surface area contributed by atoms with Crippen LogP contribution in [0.3, 0.4) is 0 Å². The number of benzene rings is 1. The molecule has 2 aromatic rings. The second-order valence-electron chi connectivity index (χ2n) is 5.60. The van der Waals surface area contributed by atoms with Crippen molar-refractivity contribution in [1.29, 1.82) is 0 Å². The van der Waals surface area contributed by atoms with Gasteiger partial charge in [-0.3, -0.25) is 0 Å². The average Bonchev–Trinajstić information content (AvgIpc) is 2.51. The lowest BCUT2D eigenvalue weighted by atomic mass is 9.98. The minimum atomic E-state index is 0.492. The Kier molecular flexibility index (Phi) is 5.60. The van der Waals surface area contributed by atoms with Gasteiger partial charge < -0.3 is 5.73 Å². The fraction of sp³-hybridized carbons (Fsp3) is 0.300. The minimum absolute atomic E-state index is 0.492. The Labute approximate surface area is 128 Å². The fourth-order valence-electron chi connectivity index (χ4n) is 2.39. The van der Waals surface area contributed by atoms with Crippen LogP contribution >= 0.6 is 0 Å². The maximum Gasteiger partial charge on any atom is 0.0283 e. The van der Waals surface area contributed by atoms with E-state index in [2.05, 4.69) is 68.5 Å². The maximum absolute atomic E-state index is 5.57. The summed E-state index contributed by atoms with van der Waals surface area (Å²) < 4.78 is 0. The molecule has 21 heavy (non-hydrogen) atoms. The van der Waals surface area contributed by atoms with Gasteiger partial charge in [-0.05, 0) is 60.2 Å². The molecule has 0 saturated heterocycles. The highest BCUT2D eigenvalue weighted by Crippen LogP contribution is 2.19. The quantitative estimate of drug-likeness (QED) is 0.828. The fourth-order valence-corrected chi connectivity index (χ4v) is 2.39. The molecule has 0 bridgehead atoms. The standard InChI is InChI=1S/C20H23N/c1-16(2)20-11-4-3-10-19(20)13-12-18-8-5-7-17(15-18)9-6-14-21/h4-5,7-8,11-13,15-16H,6,9,14,21H2,1-2H3/b13-12-. The summed E-state index contributed by atoms with van der Waals surface area (Å²) in [6.45, 7) is 5.15. The molecule has 2 N–H and O–H groups in total. The maximum atomic E-state index is 5.57. The summed E-state index contributed by atoms with van der Waals surface area (Å²) in [6.07, 6.45) is 6.36. The smallest absolute Gasteiger partial charge is 0.0283 e. The summed E-state index contributed by atoms with van der Waals surface area (Å²) in [5, 5.41) is 0. The van der Waals surface area contributed by atoms with E-state index in [1.165, 1.54) is 16.7 Å². The zero-order valence-electron chi connectivity index (χ0n) is 12.9. The van der Waals surface area contributed by atoms with E-state index in [1.54, 1.807) is 0 Å². The Morgan fingerprint density at radius 1 is 1.19 bits per heavy atom. The molecule has 0 aromatic heterocycles. The van der Waals surface area contributed by atoms with E-state index in [1.807, 2.05) is 6.07 Å². The monoisotopic (exact) mass is 277 g/mol. The van der Waals surface area contributed by atoms with Crippen molar-refractivity contribution in [3.63, 3.8) is 0 Å². The SMILES string of the molecule is CC(C)c1ccc#cc1/C=C\c1cccc(CCCN)c1. The van der Waals surface area contributed by atoms with Gasteiger partial charge in [0.1, 0.15) is 0 Å². The Balaban J connectivity index is 2.18. The summed E-state index contributed by atoms with van der Waals surface area (Å²) in [5.41, 5.74) is 10.6. The highest BCUT2D eigenvalue weighted by molar-refractivity contribution is 5.70. The van der Waals surface area contributed by atoms with Crippen LogP contribution in [0.25, 0.3) is 12.2 Å². The molecule has 2 aromatic carbocycles. The first-order valence-corrected chi connectivity index (χ1v) is 7.60. The first-order chi connectivity index (χ1) is 10.2. The Morgan fingerprint density at radius 3 is 2.81 bits per heavy atom. The van der Waals surface area contributed by atoms with Crippen molar-refractivity contribution in [3.05, 3.63) is 70.8 Å². The van der Waals surface area contributed by atoms with E-state index >= 15 is 0 Å². The molecular formula is C20H23N. The lowest BCUT2D eigenvalue weighted by Gasteiger charge is -2.06. The molecule has 0 saturated carbocycles. The van der Waals surface area contributed by atoms with Crippen molar-refractivity contribution >= 4 is 12.2 Å². The van der Waals surface area contributed by atoms with Crippen molar-refractivity contribution in [2.24, 2.45) is 5.73 Å². The lowest BCUT2D eigenvalue weighted by Crippen LogP contribution is -2.00. The molecule has 0 aliphatic rings. The third-order valence-corrected chi connectivity index (χ3v) is 3.55. The molecule has 0 amide bonds. The summed E-state index contributed by atoms with van der Waals surface area (Å²) in [6, 6.07) is 18.9. The minimum Gasteiger partial charge on any atom is -0.330 e. The number of rotatable bonds is 6. The van der Waals surface area contributed by atoms with Gasteiger partial charge in [-0.2, -0.15) is 0 Å². The van der Waals surface area contributed by atoms with E-state index in [0.29, 0.717) is 5.92 Å². The Hall–Kier alpha value is -2.04. The number of hydrogen-bond acceptors (Lipinski definition) is 1. The normalized spacial score (nSPS) is 11.0. The molecule has 0 unspecified atom stereocenters. The molecule has 2 rings (SSSR count). The first-order valence-electron chi connectivity index (χ1n) is 7.60. The van der Waals surface area contributed by atoms with E-state index in [-0.39, 0.29) is 0 Å². The van der Waals surface area contributed by atoms with Gasteiger partial charge >= 0.3 is 0 Å². The number of hydrogen-bond donors (Lipinski definition) is 1. The summed E-state index contributed by atoms with van der Waals surface area (Å²) in [4.78, 5) is 0. The molecule has 0 heterocycles. The van der Waals surface area contributed by atoms with Crippen molar-refractivity contribution in [3.8, 4) is 0 Å². The van der Waals surface area contributed by atoms with Gasteiger partial charge in [-0.15, -0.1) is 0 Å². The van der Waals surface area contributed by atoms with Crippen LogP contribution in [0, 0.1) is 12.1 Å². The van der Waals surface area contributed by atoms with Crippen molar-refractivity contribution in [2.45, 2.75) is 32.6 Å². The van der Waals surface area contributed by atoms with Gasteiger partial charge in [0.25, 0.3) is 0 Å². The average molecular weight is 277 g/mol. The van der Waals surface area contributed by atoms with Crippen LogP contribution in [0.5, 0.6) is 0 Å². The number of nitrogens with two attached hydrogens (primary N) is 1. The van der Waals surface area contributed by atoms with Gasteiger partial charge in [-0.25, -0.2) is 0 Å². The van der Waals surface area contributed by atoms with Gasteiger partial charge in [0.15, 0.2) is 0 Å². The van der Waals surface area contributed by atoms with Crippen molar-refractivity contribution in [1.82, 2.24) is 0 Å². The Bertz CT molecular complexity index is 596. The van der Waals surface area contributed by atoms with Gasteiger partial charge in [-0.1, -0.05) is 56.3 Å². The van der Waals surface area contributed by atoms with Crippen LogP contribution in [0.15, 0.2) is 36.4 Å². The van der Waals surface area contributed by atoms with Gasteiger partial charge in [0, 0.05) is 5.56 Å². The zero-order valence-corrected chi connectivity index (χ0v) is 12.9. The number of aryl methyl sites for hydroxylation is 1. The van der Waals surface area contributed by atoms with Crippen LogP contribution in [0.4, 0.5) is 0 Å². The molecule has 1 heteroatoms. The predicted octanol–water partition coefficient (Wildman–Crippen LogP) is 4.47. The molecular weight excluding hydrogens is 254 g/mol. The van der Waals surface area contributed by atoms with Crippen LogP contribution in [-0.2, 0) is 6.42 Å². The zero-order chi connectivity index (χ0) is 15.1. The molecule has 1 nitrogen and oxygen atoms in total. The molecule has 0 radical (unpaired) electrons. The van der Waals surface area contributed by atoms with Gasteiger partial charge in [0.2, 0.25) is 0 Å². The molecule has 0 aliphatic heterocycles. The van der Waals surface area contributed by atoms with Crippen LogP contribution < -0.4 is 5.73 Å². The molecule has 108 valence electrons. The Morgan fingerprint density at radius 2 is 2.05 bits per heavy atom. The molecule has 0 spiro atoms. The third-order valence-electron chi connectivity index (χ3n) is 3.55. The second kappa shape index (κ2) is 7.67. The molecule has 0 atom stereocenters. The highest BCUT2D eigenvalue weighted by atomic mass is 14.5. The van der Waals surface area contributed by atoms with Crippen molar-refractivity contribution in [2.75, 3.05) is 6.54 Å². The summed E-state index contributed by atoms with van der Waals surface area (Å²) in [7, 11) is 0. The third kappa shape index (κ3) is 4.48. The highest BCUT2D eigenvalue weighted by Gasteiger charge is 2.02. The molecule has 0 aliphatic carbocycles. The van der Waals surface area contributed by atoms with E-state index in [0.717, 1.165) is 24.9 Å².